The Morgan fingerprint density at radius 2 is 1.74 bits per heavy atom. The summed E-state index contributed by atoms with van der Waals surface area (Å²) >= 11 is 6.38. The highest BCUT2D eigenvalue weighted by Gasteiger charge is 2.35. The fraction of sp³-hybridized carbons (Fsp3) is 0.250. The SMILES string of the molecule is CC[C@H](C)[C@H]1N=C(c2ccccc2)c2cc(Cl)ccc2N(CC(=O)NCc2ccccc2)C1=O. The predicted molar refractivity (Wildman–Crippen MR) is 137 cm³/mol. The molecule has 0 saturated carbocycles. The Morgan fingerprint density at radius 1 is 1.06 bits per heavy atom. The van der Waals surface area contributed by atoms with Gasteiger partial charge in [-0.1, -0.05) is 92.5 Å². The summed E-state index contributed by atoms with van der Waals surface area (Å²) in [6.45, 7) is 4.37. The van der Waals surface area contributed by atoms with Crippen molar-refractivity contribution in [1.82, 2.24) is 5.32 Å². The third-order valence-electron chi connectivity index (χ3n) is 6.16. The van der Waals surface area contributed by atoms with Gasteiger partial charge < -0.3 is 10.2 Å². The van der Waals surface area contributed by atoms with E-state index in [1.165, 1.54) is 0 Å². The molecule has 4 rings (SSSR count). The summed E-state index contributed by atoms with van der Waals surface area (Å²) in [5.74, 6) is -0.409. The van der Waals surface area contributed by atoms with E-state index in [4.69, 9.17) is 16.6 Å². The van der Waals surface area contributed by atoms with Crippen molar-refractivity contribution in [3.8, 4) is 0 Å². The van der Waals surface area contributed by atoms with Crippen LogP contribution in [0.5, 0.6) is 0 Å². The van der Waals surface area contributed by atoms with Crippen molar-refractivity contribution in [2.75, 3.05) is 11.4 Å². The lowest BCUT2D eigenvalue weighted by Gasteiger charge is -2.26. The molecular weight excluding hydrogens is 446 g/mol. The molecule has 1 aliphatic heterocycles. The van der Waals surface area contributed by atoms with Crippen LogP contribution in [-0.2, 0) is 16.1 Å². The average Bonchev–Trinajstić information content (AvgIpc) is 2.98. The molecule has 2 amide bonds. The first-order valence-electron chi connectivity index (χ1n) is 11.5. The highest BCUT2D eigenvalue weighted by atomic mass is 35.5. The van der Waals surface area contributed by atoms with Gasteiger partial charge in [0.2, 0.25) is 5.91 Å². The lowest BCUT2D eigenvalue weighted by molar-refractivity contribution is -0.125. The van der Waals surface area contributed by atoms with E-state index in [-0.39, 0.29) is 24.3 Å². The van der Waals surface area contributed by atoms with Gasteiger partial charge in [-0.15, -0.1) is 0 Å². The van der Waals surface area contributed by atoms with Crippen molar-refractivity contribution in [3.05, 3.63) is 101 Å². The van der Waals surface area contributed by atoms with Crippen molar-refractivity contribution < 1.29 is 9.59 Å². The number of fused-ring (bicyclic) bond motifs is 1. The fourth-order valence-corrected chi connectivity index (χ4v) is 4.23. The van der Waals surface area contributed by atoms with Crippen LogP contribution in [0, 0.1) is 5.92 Å². The first kappa shape index (κ1) is 23.7. The Balaban J connectivity index is 1.72. The summed E-state index contributed by atoms with van der Waals surface area (Å²) < 4.78 is 0. The third-order valence-corrected chi connectivity index (χ3v) is 6.39. The maximum absolute atomic E-state index is 13.8. The Hall–Kier alpha value is -3.44. The number of benzene rings is 3. The molecule has 5 nitrogen and oxygen atoms in total. The van der Waals surface area contributed by atoms with Crippen molar-refractivity contribution in [2.24, 2.45) is 10.9 Å². The van der Waals surface area contributed by atoms with E-state index in [9.17, 15) is 9.59 Å². The van der Waals surface area contributed by atoms with E-state index < -0.39 is 6.04 Å². The van der Waals surface area contributed by atoms with Gasteiger partial charge in [0.05, 0.1) is 11.4 Å². The van der Waals surface area contributed by atoms with E-state index in [1.807, 2.05) is 80.6 Å². The van der Waals surface area contributed by atoms with Crippen LogP contribution in [0.4, 0.5) is 5.69 Å². The molecule has 6 heteroatoms. The van der Waals surface area contributed by atoms with E-state index in [1.54, 1.807) is 17.0 Å². The Morgan fingerprint density at radius 3 is 2.41 bits per heavy atom. The second-order valence-corrected chi connectivity index (χ2v) is 8.96. The molecule has 3 aromatic rings. The number of amides is 2. The van der Waals surface area contributed by atoms with Crippen LogP contribution in [0.25, 0.3) is 0 Å². The van der Waals surface area contributed by atoms with Crippen LogP contribution < -0.4 is 10.2 Å². The normalized spacial score (nSPS) is 16.3. The van der Waals surface area contributed by atoms with Crippen LogP contribution in [0.1, 0.15) is 37.0 Å². The van der Waals surface area contributed by atoms with Gasteiger partial charge in [0, 0.05) is 22.7 Å². The van der Waals surface area contributed by atoms with Crippen LogP contribution in [0.2, 0.25) is 5.02 Å². The molecule has 2 atom stereocenters. The Kier molecular flexibility index (Phi) is 7.43. The summed E-state index contributed by atoms with van der Waals surface area (Å²) in [5.41, 5.74) is 4.00. The van der Waals surface area contributed by atoms with E-state index in [0.717, 1.165) is 23.1 Å². The van der Waals surface area contributed by atoms with Crippen LogP contribution in [0.3, 0.4) is 0 Å². The lowest BCUT2D eigenvalue weighted by atomic mass is 9.98. The summed E-state index contributed by atoms with van der Waals surface area (Å²) in [6.07, 6.45) is 0.785. The molecule has 1 heterocycles. The van der Waals surface area contributed by atoms with Gasteiger partial charge in [0.15, 0.2) is 0 Å². The van der Waals surface area contributed by atoms with Crippen LogP contribution in [-0.4, -0.2) is 30.1 Å². The molecule has 0 aliphatic carbocycles. The maximum Gasteiger partial charge on any atom is 0.252 e. The number of nitrogens with one attached hydrogen (secondary N) is 1. The molecule has 0 saturated heterocycles. The first-order valence-corrected chi connectivity index (χ1v) is 11.9. The van der Waals surface area contributed by atoms with Crippen molar-refractivity contribution in [2.45, 2.75) is 32.9 Å². The molecule has 174 valence electrons. The van der Waals surface area contributed by atoms with Gasteiger partial charge in [-0.05, 0) is 29.7 Å². The largest absolute Gasteiger partial charge is 0.350 e. The number of halogens is 1. The number of benzodiazepines with no additional fused rings is 1. The third kappa shape index (κ3) is 5.20. The Bertz CT molecular complexity index is 1190. The van der Waals surface area contributed by atoms with Crippen LogP contribution in [0.15, 0.2) is 83.9 Å². The van der Waals surface area contributed by atoms with Crippen molar-refractivity contribution in [3.63, 3.8) is 0 Å². The smallest absolute Gasteiger partial charge is 0.252 e. The van der Waals surface area contributed by atoms with Gasteiger partial charge >= 0.3 is 0 Å². The zero-order valence-electron chi connectivity index (χ0n) is 19.4. The second-order valence-electron chi connectivity index (χ2n) is 8.52. The minimum Gasteiger partial charge on any atom is -0.350 e. The lowest BCUT2D eigenvalue weighted by Crippen LogP contribution is -2.46. The number of carbonyl (C=O) groups excluding carboxylic acids is 2. The minimum absolute atomic E-state index is 0.00544. The Labute approximate surface area is 205 Å². The standard InChI is InChI=1S/C28H28ClN3O2/c1-3-19(2)26-28(34)32(18-25(33)30-17-20-10-6-4-7-11-20)24-15-14-22(29)16-23(24)27(31-26)21-12-8-5-9-13-21/h4-16,19,26H,3,17-18H2,1-2H3,(H,30,33)/t19-,26+/m0/s1. The molecular formula is C28H28ClN3O2. The van der Waals surface area contributed by atoms with Gasteiger partial charge in [-0.25, -0.2) is 0 Å². The number of aliphatic imine (C=N–C) groups is 1. The maximum atomic E-state index is 13.8. The fourth-order valence-electron chi connectivity index (χ4n) is 4.05. The van der Waals surface area contributed by atoms with Crippen LogP contribution >= 0.6 is 11.6 Å². The van der Waals surface area contributed by atoms with E-state index >= 15 is 0 Å². The quantitative estimate of drug-likeness (QED) is 0.509. The van der Waals surface area contributed by atoms with E-state index in [2.05, 4.69) is 5.32 Å². The monoisotopic (exact) mass is 473 g/mol. The molecule has 3 aromatic carbocycles. The minimum atomic E-state index is -0.603. The zero-order chi connectivity index (χ0) is 24.1. The summed E-state index contributed by atoms with van der Waals surface area (Å²) in [7, 11) is 0. The second kappa shape index (κ2) is 10.7. The van der Waals surface area contributed by atoms with Gasteiger partial charge in [-0.2, -0.15) is 0 Å². The highest BCUT2D eigenvalue weighted by molar-refractivity contribution is 6.32. The molecule has 0 aromatic heterocycles. The molecule has 0 unspecified atom stereocenters. The molecule has 0 fully saturated rings. The van der Waals surface area contributed by atoms with Crippen molar-refractivity contribution in [1.29, 1.82) is 0 Å². The summed E-state index contributed by atoms with van der Waals surface area (Å²) in [4.78, 5) is 33.3. The number of rotatable bonds is 7. The average molecular weight is 474 g/mol. The first-order chi connectivity index (χ1) is 16.5. The molecule has 34 heavy (non-hydrogen) atoms. The highest BCUT2D eigenvalue weighted by Crippen LogP contribution is 2.32. The summed E-state index contributed by atoms with van der Waals surface area (Å²) in [5, 5.41) is 3.48. The number of hydrogen-bond donors (Lipinski definition) is 1. The van der Waals surface area contributed by atoms with Crippen molar-refractivity contribution >= 4 is 34.8 Å². The zero-order valence-corrected chi connectivity index (χ0v) is 20.1. The topological polar surface area (TPSA) is 61.8 Å². The molecule has 1 N–H and O–H groups in total. The number of carbonyl (C=O) groups is 2. The number of nitrogens with zero attached hydrogens (tertiary/aromatic N) is 2. The molecule has 0 radical (unpaired) electrons. The van der Waals surface area contributed by atoms with Gasteiger partial charge in [0.1, 0.15) is 12.6 Å². The number of hydrogen-bond acceptors (Lipinski definition) is 3. The molecule has 1 aliphatic rings. The van der Waals surface area contributed by atoms with Gasteiger partial charge in [-0.3, -0.25) is 14.6 Å². The predicted octanol–water partition coefficient (Wildman–Crippen LogP) is 5.26. The summed E-state index contributed by atoms with van der Waals surface area (Å²) in [6, 6.07) is 24.3. The van der Waals surface area contributed by atoms with E-state index in [0.29, 0.717) is 23.0 Å². The van der Waals surface area contributed by atoms with Gasteiger partial charge in [0.25, 0.3) is 5.91 Å². The molecule has 0 bridgehead atoms. The molecule has 0 spiro atoms. The number of anilines is 1.